The third-order valence-corrected chi connectivity index (χ3v) is 6.27. The SMILES string of the molecule is CC1(C)CN(S(=O)(=O)CCNC2CC2)CCS1. The predicted molar refractivity (Wildman–Crippen MR) is 72.9 cm³/mol. The van der Waals surface area contributed by atoms with E-state index in [1.54, 1.807) is 4.31 Å². The monoisotopic (exact) mass is 278 g/mol. The Morgan fingerprint density at radius 2 is 2.12 bits per heavy atom. The first-order valence-electron chi connectivity index (χ1n) is 6.24. The quantitative estimate of drug-likeness (QED) is 0.811. The molecule has 1 aliphatic heterocycles. The van der Waals surface area contributed by atoms with Crippen molar-refractivity contribution in [2.45, 2.75) is 37.5 Å². The highest BCUT2D eigenvalue weighted by atomic mass is 32.2. The fourth-order valence-corrected chi connectivity index (χ4v) is 4.85. The van der Waals surface area contributed by atoms with Crippen molar-refractivity contribution in [2.24, 2.45) is 0 Å². The Balaban J connectivity index is 1.85. The molecule has 0 amide bonds. The van der Waals surface area contributed by atoms with Crippen LogP contribution in [0, 0.1) is 0 Å². The zero-order valence-corrected chi connectivity index (χ0v) is 12.2. The number of hydrogen-bond acceptors (Lipinski definition) is 4. The molecule has 1 aliphatic carbocycles. The van der Waals surface area contributed by atoms with Crippen LogP contribution in [0.3, 0.4) is 0 Å². The van der Waals surface area contributed by atoms with Gasteiger partial charge in [0.1, 0.15) is 0 Å². The Bertz CT molecular complexity index is 364. The van der Waals surface area contributed by atoms with Crippen LogP contribution >= 0.6 is 11.8 Å². The lowest BCUT2D eigenvalue weighted by Gasteiger charge is -2.36. The van der Waals surface area contributed by atoms with Crippen LogP contribution in [0.25, 0.3) is 0 Å². The van der Waals surface area contributed by atoms with E-state index in [0.29, 0.717) is 25.7 Å². The number of thioether (sulfide) groups is 1. The van der Waals surface area contributed by atoms with Gasteiger partial charge < -0.3 is 5.32 Å². The third-order valence-electron chi connectivity index (χ3n) is 3.15. The number of hydrogen-bond donors (Lipinski definition) is 1. The van der Waals surface area contributed by atoms with Crippen molar-refractivity contribution in [1.29, 1.82) is 0 Å². The molecule has 0 bridgehead atoms. The van der Waals surface area contributed by atoms with Gasteiger partial charge in [-0.15, -0.1) is 0 Å². The Hall–Kier alpha value is 0.220. The summed E-state index contributed by atoms with van der Waals surface area (Å²) in [4.78, 5) is 0. The Morgan fingerprint density at radius 1 is 1.41 bits per heavy atom. The van der Waals surface area contributed by atoms with Gasteiger partial charge in [-0.05, 0) is 26.7 Å². The summed E-state index contributed by atoms with van der Waals surface area (Å²) in [6.45, 7) is 6.13. The van der Waals surface area contributed by atoms with Crippen molar-refractivity contribution in [3.63, 3.8) is 0 Å². The Labute approximate surface area is 109 Å². The summed E-state index contributed by atoms with van der Waals surface area (Å²) in [5, 5.41) is 3.26. The zero-order chi connectivity index (χ0) is 12.5. The first-order valence-corrected chi connectivity index (χ1v) is 8.84. The van der Waals surface area contributed by atoms with E-state index >= 15 is 0 Å². The normalized spacial score (nSPS) is 26.0. The van der Waals surface area contributed by atoms with E-state index in [9.17, 15) is 8.42 Å². The lowest BCUT2D eigenvalue weighted by molar-refractivity contribution is 0.387. The van der Waals surface area contributed by atoms with E-state index in [4.69, 9.17) is 0 Å². The molecule has 0 aromatic rings. The van der Waals surface area contributed by atoms with Gasteiger partial charge >= 0.3 is 0 Å². The van der Waals surface area contributed by atoms with E-state index < -0.39 is 10.0 Å². The van der Waals surface area contributed by atoms with E-state index in [1.165, 1.54) is 12.8 Å². The first kappa shape index (κ1) is 13.6. The second-order valence-electron chi connectivity index (χ2n) is 5.49. The van der Waals surface area contributed by atoms with E-state index in [2.05, 4.69) is 19.2 Å². The molecule has 0 aromatic heterocycles. The molecule has 0 atom stereocenters. The van der Waals surface area contributed by atoms with Crippen molar-refractivity contribution in [3.8, 4) is 0 Å². The lowest BCUT2D eigenvalue weighted by atomic mass is 10.2. The Kier molecular flexibility index (Phi) is 4.07. The molecule has 1 saturated heterocycles. The fraction of sp³-hybridized carbons (Fsp3) is 1.00. The molecule has 1 N–H and O–H groups in total. The highest BCUT2D eigenvalue weighted by Gasteiger charge is 2.33. The molecule has 2 fully saturated rings. The number of nitrogens with one attached hydrogen (secondary N) is 1. The van der Waals surface area contributed by atoms with Gasteiger partial charge in [0.05, 0.1) is 5.75 Å². The van der Waals surface area contributed by atoms with E-state index in [1.807, 2.05) is 11.8 Å². The second kappa shape index (κ2) is 5.07. The summed E-state index contributed by atoms with van der Waals surface area (Å²) in [5.74, 6) is 1.15. The molecule has 4 nitrogen and oxygen atoms in total. The summed E-state index contributed by atoms with van der Waals surface area (Å²) in [6, 6.07) is 0.582. The smallest absolute Gasteiger partial charge is 0.215 e. The van der Waals surface area contributed by atoms with Crippen LogP contribution in [0.5, 0.6) is 0 Å². The molecule has 17 heavy (non-hydrogen) atoms. The summed E-state index contributed by atoms with van der Waals surface area (Å²) >= 11 is 1.86. The van der Waals surface area contributed by atoms with Gasteiger partial charge in [0, 0.05) is 36.2 Å². The summed E-state index contributed by atoms with van der Waals surface area (Å²) < 4.78 is 26.0. The van der Waals surface area contributed by atoms with Crippen LogP contribution in [0.1, 0.15) is 26.7 Å². The maximum Gasteiger partial charge on any atom is 0.215 e. The van der Waals surface area contributed by atoms with Crippen molar-refractivity contribution < 1.29 is 8.42 Å². The largest absolute Gasteiger partial charge is 0.313 e. The minimum atomic E-state index is -3.06. The minimum absolute atomic E-state index is 0.0508. The van der Waals surface area contributed by atoms with Gasteiger partial charge in [-0.2, -0.15) is 16.1 Å². The molecule has 1 saturated carbocycles. The average molecular weight is 278 g/mol. The highest BCUT2D eigenvalue weighted by molar-refractivity contribution is 8.00. The fourth-order valence-electron chi connectivity index (χ4n) is 2.02. The maximum atomic E-state index is 12.2. The molecule has 0 unspecified atom stereocenters. The van der Waals surface area contributed by atoms with Gasteiger partial charge in [0.2, 0.25) is 10.0 Å². The van der Waals surface area contributed by atoms with Crippen LogP contribution < -0.4 is 5.32 Å². The molecule has 6 heteroatoms. The summed E-state index contributed by atoms with van der Waals surface area (Å²) in [6.07, 6.45) is 2.40. The summed E-state index contributed by atoms with van der Waals surface area (Å²) in [7, 11) is -3.06. The van der Waals surface area contributed by atoms with Gasteiger partial charge in [0.15, 0.2) is 0 Å². The molecular formula is C11H22N2O2S2. The molecule has 0 spiro atoms. The van der Waals surface area contributed by atoms with E-state index in [-0.39, 0.29) is 10.5 Å². The third kappa shape index (κ3) is 4.12. The summed E-state index contributed by atoms with van der Waals surface area (Å²) in [5.41, 5.74) is 0. The molecule has 0 radical (unpaired) electrons. The Morgan fingerprint density at radius 3 is 2.71 bits per heavy atom. The molecule has 100 valence electrons. The van der Waals surface area contributed by atoms with E-state index in [0.717, 1.165) is 5.75 Å². The predicted octanol–water partition coefficient (Wildman–Crippen LogP) is 0.896. The number of rotatable bonds is 5. The van der Waals surface area contributed by atoms with Crippen molar-refractivity contribution in [2.75, 3.05) is 31.1 Å². The second-order valence-corrected chi connectivity index (χ2v) is 9.38. The zero-order valence-electron chi connectivity index (χ0n) is 10.6. The van der Waals surface area contributed by atoms with Crippen LogP contribution in [-0.4, -0.2) is 54.7 Å². The molecule has 0 aromatic carbocycles. The number of sulfonamides is 1. The molecule has 2 aliphatic rings. The van der Waals surface area contributed by atoms with Crippen LogP contribution in [0.15, 0.2) is 0 Å². The minimum Gasteiger partial charge on any atom is -0.313 e. The van der Waals surface area contributed by atoms with Gasteiger partial charge in [-0.3, -0.25) is 0 Å². The molecule has 2 rings (SSSR count). The van der Waals surface area contributed by atoms with Crippen LogP contribution in [0.2, 0.25) is 0 Å². The first-order chi connectivity index (χ1) is 7.89. The van der Waals surface area contributed by atoms with Gasteiger partial charge in [0.25, 0.3) is 0 Å². The molecule has 1 heterocycles. The average Bonchev–Trinajstić information content (AvgIpc) is 3.00. The highest BCUT2D eigenvalue weighted by Crippen LogP contribution is 2.30. The van der Waals surface area contributed by atoms with Gasteiger partial charge in [-0.25, -0.2) is 8.42 Å². The van der Waals surface area contributed by atoms with Crippen molar-refractivity contribution in [3.05, 3.63) is 0 Å². The van der Waals surface area contributed by atoms with Crippen molar-refractivity contribution >= 4 is 21.8 Å². The topological polar surface area (TPSA) is 49.4 Å². The molecular weight excluding hydrogens is 256 g/mol. The lowest BCUT2D eigenvalue weighted by Crippen LogP contribution is -2.47. The van der Waals surface area contributed by atoms with Crippen LogP contribution in [0.4, 0.5) is 0 Å². The van der Waals surface area contributed by atoms with Crippen LogP contribution in [-0.2, 0) is 10.0 Å². The number of nitrogens with zero attached hydrogens (tertiary/aromatic N) is 1. The standard InChI is InChI=1S/C11H22N2O2S2/c1-11(2)9-13(6-7-16-11)17(14,15)8-5-12-10-3-4-10/h10,12H,3-9H2,1-2H3. The maximum absolute atomic E-state index is 12.2. The van der Waals surface area contributed by atoms with Gasteiger partial charge in [-0.1, -0.05) is 0 Å². The van der Waals surface area contributed by atoms with Crippen molar-refractivity contribution in [1.82, 2.24) is 9.62 Å².